The first-order chi connectivity index (χ1) is 10.7. The molecule has 0 bridgehead atoms. The number of hydrogen-bond acceptors (Lipinski definition) is 2. The Morgan fingerprint density at radius 2 is 1.74 bits per heavy atom. The fraction of sp³-hybridized carbons (Fsp3) is 0.294. The molecule has 3 nitrogen and oxygen atoms in total. The lowest BCUT2D eigenvalue weighted by Gasteiger charge is -2.19. The van der Waals surface area contributed by atoms with Crippen molar-refractivity contribution in [3.63, 3.8) is 0 Å². The van der Waals surface area contributed by atoms with Gasteiger partial charge in [0.1, 0.15) is 11.4 Å². The Labute approximate surface area is 131 Å². The molecule has 3 aromatic rings. The zero-order chi connectivity index (χ0) is 16.8. The highest BCUT2D eigenvalue weighted by atomic mass is 19.4. The van der Waals surface area contributed by atoms with Crippen LogP contribution in [0.1, 0.15) is 32.0 Å². The number of nitrogens with zero attached hydrogens (tertiary/aromatic N) is 2. The highest BCUT2D eigenvalue weighted by Crippen LogP contribution is 2.33. The summed E-state index contributed by atoms with van der Waals surface area (Å²) in [6.07, 6.45) is -2.86. The van der Waals surface area contributed by atoms with Crippen LogP contribution in [0.2, 0.25) is 0 Å². The minimum atomic E-state index is -4.45. The van der Waals surface area contributed by atoms with Gasteiger partial charge in [0.25, 0.3) is 0 Å². The number of H-pyrrole nitrogens is 1. The molecule has 120 valence electrons. The van der Waals surface area contributed by atoms with Gasteiger partial charge in [0, 0.05) is 11.6 Å². The van der Waals surface area contributed by atoms with Crippen molar-refractivity contribution in [2.45, 2.75) is 32.4 Å². The van der Waals surface area contributed by atoms with Gasteiger partial charge in [-0.3, -0.25) is 10.1 Å². The van der Waals surface area contributed by atoms with Gasteiger partial charge in [-0.15, -0.1) is 0 Å². The van der Waals surface area contributed by atoms with Gasteiger partial charge in [0.2, 0.25) is 0 Å². The molecule has 0 aliphatic carbocycles. The standard InChI is InChI=1S/C17H16F3N3/c1-16(2,3)11-4-5-12-10(8-11)6-7-21-15(12)13-9-14(23-22-13)17(18,19)20/h4-9H,1-3H3,(H,22,23). The van der Waals surface area contributed by atoms with Crippen LogP contribution in [-0.4, -0.2) is 15.2 Å². The molecule has 6 heteroatoms. The summed E-state index contributed by atoms with van der Waals surface area (Å²) in [7, 11) is 0. The van der Waals surface area contributed by atoms with Crippen molar-refractivity contribution < 1.29 is 13.2 Å². The molecule has 0 amide bonds. The van der Waals surface area contributed by atoms with Crippen LogP contribution < -0.4 is 0 Å². The monoisotopic (exact) mass is 319 g/mol. The Hall–Kier alpha value is -2.37. The molecule has 1 N–H and O–H groups in total. The lowest BCUT2D eigenvalue weighted by molar-refractivity contribution is -0.141. The molecule has 2 heterocycles. The largest absolute Gasteiger partial charge is 0.432 e. The van der Waals surface area contributed by atoms with Crippen molar-refractivity contribution in [2.24, 2.45) is 0 Å². The molecular formula is C17H16F3N3. The van der Waals surface area contributed by atoms with Gasteiger partial charge in [-0.2, -0.15) is 18.3 Å². The summed E-state index contributed by atoms with van der Waals surface area (Å²) in [6.45, 7) is 6.33. The van der Waals surface area contributed by atoms with Crippen molar-refractivity contribution in [3.8, 4) is 11.4 Å². The van der Waals surface area contributed by atoms with Crippen LogP contribution in [0.4, 0.5) is 13.2 Å². The Morgan fingerprint density at radius 3 is 2.35 bits per heavy atom. The van der Waals surface area contributed by atoms with Crippen molar-refractivity contribution in [1.82, 2.24) is 15.2 Å². The van der Waals surface area contributed by atoms with E-state index >= 15 is 0 Å². The summed E-state index contributed by atoms with van der Waals surface area (Å²) in [6, 6.07) is 8.74. The van der Waals surface area contributed by atoms with Crippen molar-refractivity contribution in [2.75, 3.05) is 0 Å². The lowest BCUT2D eigenvalue weighted by Crippen LogP contribution is -2.10. The number of alkyl halides is 3. The fourth-order valence-electron chi connectivity index (χ4n) is 2.44. The minimum Gasteiger partial charge on any atom is -0.273 e. The van der Waals surface area contributed by atoms with Gasteiger partial charge < -0.3 is 0 Å². The van der Waals surface area contributed by atoms with Gasteiger partial charge in [-0.05, 0) is 28.5 Å². The Balaban J connectivity index is 2.14. The maximum atomic E-state index is 12.7. The van der Waals surface area contributed by atoms with Crippen molar-refractivity contribution >= 4 is 10.8 Å². The van der Waals surface area contributed by atoms with E-state index < -0.39 is 11.9 Å². The molecule has 0 unspecified atom stereocenters. The second-order valence-electron chi connectivity index (χ2n) is 6.51. The quantitative estimate of drug-likeness (QED) is 0.690. The van der Waals surface area contributed by atoms with E-state index in [0.717, 1.165) is 22.4 Å². The number of hydrogen-bond donors (Lipinski definition) is 1. The van der Waals surface area contributed by atoms with Gasteiger partial charge in [0.05, 0.1) is 5.69 Å². The Kier molecular flexibility index (Phi) is 3.43. The number of benzene rings is 1. The number of nitrogens with one attached hydrogen (secondary N) is 1. The summed E-state index contributed by atoms with van der Waals surface area (Å²) < 4.78 is 38.2. The van der Waals surface area contributed by atoms with E-state index in [9.17, 15) is 13.2 Å². The highest BCUT2D eigenvalue weighted by Gasteiger charge is 2.33. The molecule has 0 saturated carbocycles. The number of aromatic amines is 1. The van der Waals surface area contributed by atoms with Crippen molar-refractivity contribution in [3.05, 3.63) is 47.8 Å². The number of fused-ring (bicyclic) bond motifs is 1. The predicted octanol–water partition coefficient (Wildman–Crippen LogP) is 4.94. The third kappa shape index (κ3) is 2.93. The van der Waals surface area contributed by atoms with Crippen LogP contribution in [0, 0.1) is 0 Å². The van der Waals surface area contributed by atoms with E-state index in [4.69, 9.17) is 0 Å². The molecule has 0 radical (unpaired) electrons. The topological polar surface area (TPSA) is 41.6 Å². The zero-order valence-corrected chi connectivity index (χ0v) is 13.0. The molecule has 0 saturated heterocycles. The van der Waals surface area contributed by atoms with Crippen LogP contribution in [0.15, 0.2) is 36.5 Å². The first-order valence-corrected chi connectivity index (χ1v) is 7.18. The van der Waals surface area contributed by atoms with E-state index in [-0.39, 0.29) is 11.1 Å². The SMILES string of the molecule is CC(C)(C)c1ccc2c(-c3cc(C(F)(F)F)[nH]n3)nccc2c1. The first-order valence-electron chi connectivity index (χ1n) is 7.18. The molecule has 0 aliphatic rings. The number of rotatable bonds is 1. The van der Waals surface area contributed by atoms with Crippen molar-refractivity contribution in [1.29, 1.82) is 0 Å². The molecule has 0 fully saturated rings. The smallest absolute Gasteiger partial charge is 0.273 e. The molecule has 1 aromatic carbocycles. The van der Waals surface area contributed by atoms with E-state index in [1.54, 1.807) is 6.20 Å². The second-order valence-corrected chi connectivity index (χ2v) is 6.51. The zero-order valence-electron chi connectivity index (χ0n) is 13.0. The maximum absolute atomic E-state index is 12.7. The van der Waals surface area contributed by atoms with Gasteiger partial charge in [-0.1, -0.05) is 39.0 Å². The van der Waals surface area contributed by atoms with Gasteiger partial charge in [-0.25, -0.2) is 0 Å². The minimum absolute atomic E-state index is 0.00654. The molecule has 0 spiro atoms. The van der Waals surface area contributed by atoms with Crippen LogP contribution in [0.25, 0.3) is 22.2 Å². The number of halogens is 3. The fourth-order valence-corrected chi connectivity index (χ4v) is 2.44. The van der Waals surface area contributed by atoms with Crippen LogP contribution in [0.3, 0.4) is 0 Å². The molecule has 23 heavy (non-hydrogen) atoms. The third-order valence-corrected chi connectivity index (χ3v) is 3.76. The summed E-state index contributed by atoms with van der Waals surface area (Å²) >= 11 is 0. The van der Waals surface area contributed by atoms with Gasteiger partial charge >= 0.3 is 6.18 Å². The summed E-state index contributed by atoms with van der Waals surface area (Å²) in [4.78, 5) is 4.21. The normalized spacial score (nSPS) is 12.8. The summed E-state index contributed by atoms with van der Waals surface area (Å²) in [5.74, 6) is 0. The van der Waals surface area contributed by atoms with E-state index in [1.165, 1.54) is 0 Å². The number of pyridine rings is 1. The van der Waals surface area contributed by atoms with E-state index in [1.807, 2.05) is 29.4 Å². The second kappa shape index (κ2) is 5.08. The number of aromatic nitrogens is 3. The first kappa shape index (κ1) is 15.5. The molecule has 0 atom stereocenters. The average molecular weight is 319 g/mol. The Morgan fingerprint density at radius 1 is 1.00 bits per heavy atom. The van der Waals surface area contributed by atoms with E-state index in [2.05, 4.69) is 30.9 Å². The Bertz CT molecular complexity index is 857. The third-order valence-electron chi connectivity index (χ3n) is 3.76. The molecule has 0 aliphatic heterocycles. The van der Waals surface area contributed by atoms with Crippen LogP contribution in [0.5, 0.6) is 0 Å². The van der Waals surface area contributed by atoms with Crippen LogP contribution >= 0.6 is 0 Å². The lowest BCUT2D eigenvalue weighted by atomic mass is 9.86. The molecule has 3 rings (SSSR count). The average Bonchev–Trinajstić information content (AvgIpc) is 2.94. The molecular weight excluding hydrogens is 303 g/mol. The molecule has 2 aromatic heterocycles. The van der Waals surface area contributed by atoms with Crippen LogP contribution in [-0.2, 0) is 11.6 Å². The summed E-state index contributed by atoms with van der Waals surface area (Å²) in [5.41, 5.74) is 0.895. The predicted molar refractivity (Wildman–Crippen MR) is 83.0 cm³/mol. The summed E-state index contributed by atoms with van der Waals surface area (Å²) in [5, 5.41) is 7.50. The maximum Gasteiger partial charge on any atom is 0.432 e. The van der Waals surface area contributed by atoms with E-state index in [0.29, 0.717) is 5.69 Å². The highest BCUT2D eigenvalue weighted by molar-refractivity contribution is 5.94. The van der Waals surface area contributed by atoms with Gasteiger partial charge in [0.15, 0.2) is 0 Å².